The van der Waals surface area contributed by atoms with E-state index in [4.69, 9.17) is 18.9 Å². The van der Waals surface area contributed by atoms with E-state index in [0.29, 0.717) is 34.1 Å². The van der Waals surface area contributed by atoms with E-state index < -0.39 is 17.8 Å². The molecular weight excluding hydrogens is 514 g/mol. The number of nitrogens with zero attached hydrogens (tertiary/aromatic N) is 1. The number of esters is 1. The third-order valence-corrected chi connectivity index (χ3v) is 5.84. The summed E-state index contributed by atoms with van der Waals surface area (Å²) in [6.07, 6.45) is 1.43. The maximum atomic E-state index is 12.7. The average molecular weight is 542 g/mol. The van der Waals surface area contributed by atoms with Gasteiger partial charge in [0.2, 0.25) is 5.75 Å². The van der Waals surface area contributed by atoms with Crippen molar-refractivity contribution in [1.29, 1.82) is 0 Å². The van der Waals surface area contributed by atoms with Crippen LogP contribution >= 0.6 is 0 Å². The molecular formula is C30H27N3O7. The molecule has 0 aromatic heterocycles. The first-order valence-corrected chi connectivity index (χ1v) is 12.1. The lowest BCUT2D eigenvalue weighted by Gasteiger charge is -2.14. The Kier molecular flexibility index (Phi) is 8.93. The van der Waals surface area contributed by atoms with Crippen molar-refractivity contribution in [2.24, 2.45) is 5.10 Å². The highest BCUT2D eigenvalue weighted by Crippen LogP contribution is 2.38. The zero-order valence-corrected chi connectivity index (χ0v) is 22.1. The molecule has 4 aromatic carbocycles. The summed E-state index contributed by atoms with van der Waals surface area (Å²) in [5, 5.41) is 8.18. The monoisotopic (exact) mass is 541 g/mol. The Labute approximate surface area is 230 Å². The Morgan fingerprint density at radius 2 is 1.50 bits per heavy atom. The largest absolute Gasteiger partial charge is 0.493 e. The van der Waals surface area contributed by atoms with E-state index in [-0.39, 0.29) is 12.1 Å². The van der Waals surface area contributed by atoms with Gasteiger partial charge in [0.25, 0.3) is 11.8 Å². The molecule has 0 fully saturated rings. The predicted octanol–water partition coefficient (Wildman–Crippen LogP) is 3.96. The summed E-state index contributed by atoms with van der Waals surface area (Å²) in [7, 11) is 4.34. The van der Waals surface area contributed by atoms with E-state index in [1.807, 2.05) is 36.4 Å². The van der Waals surface area contributed by atoms with Crippen molar-refractivity contribution in [3.63, 3.8) is 0 Å². The minimum atomic E-state index is -0.530. The van der Waals surface area contributed by atoms with Gasteiger partial charge in [0.15, 0.2) is 11.5 Å². The zero-order valence-electron chi connectivity index (χ0n) is 22.1. The Balaban J connectivity index is 1.29. The van der Waals surface area contributed by atoms with Crippen LogP contribution in [0.25, 0.3) is 10.8 Å². The summed E-state index contributed by atoms with van der Waals surface area (Å²) < 4.78 is 21.3. The highest BCUT2D eigenvalue weighted by molar-refractivity contribution is 6.05. The molecule has 0 aliphatic carbocycles. The van der Waals surface area contributed by atoms with Gasteiger partial charge in [-0.05, 0) is 58.8 Å². The van der Waals surface area contributed by atoms with Gasteiger partial charge in [-0.25, -0.2) is 10.2 Å². The quantitative estimate of drug-likeness (QED) is 0.135. The summed E-state index contributed by atoms with van der Waals surface area (Å²) >= 11 is 0. The topological polar surface area (TPSA) is 125 Å². The lowest BCUT2D eigenvalue weighted by atomic mass is 10.0. The van der Waals surface area contributed by atoms with Crippen LogP contribution in [0.1, 0.15) is 26.3 Å². The fourth-order valence-corrected chi connectivity index (χ4v) is 3.88. The van der Waals surface area contributed by atoms with E-state index in [2.05, 4.69) is 15.8 Å². The van der Waals surface area contributed by atoms with Gasteiger partial charge in [0.05, 0.1) is 39.7 Å². The molecule has 2 amide bonds. The normalized spacial score (nSPS) is 10.7. The van der Waals surface area contributed by atoms with Crippen LogP contribution in [0.3, 0.4) is 0 Å². The fourth-order valence-electron chi connectivity index (χ4n) is 3.88. The number of ether oxygens (including phenoxy) is 4. The first-order valence-electron chi connectivity index (χ1n) is 12.1. The van der Waals surface area contributed by atoms with Gasteiger partial charge in [0.1, 0.15) is 5.75 Å². The highest BCUT2D eigenvalue weighted by atomic mass is 16.5. The highest BCUT2D eigenvalue weighted by Gasteiger charge is 2.17. The first-order chi connectivity index (χ1) is 19.4. The Morgan fingerprint density at radius 3 is 2.17 bits per heavy atom. The van der Waals surface area contributed by atoms with Gasteiger partial charge < -0.3 is 24.3 Å². The van der Waals surface area contributed by atoms with Crippen molar-refractivity contribution in [2.75, 3.05) is 27.9 Å². The van der Waals surface area contributed by atoms with Gasteiger partial charge in [-0.3, -0.25) is 9.59 Å². The number of amides is 2. The molecule has 0 unspecified atom stereocenters. The number of hydrogen-bond acceptors (Lipinski definition) is 8. The fraction of sp³-hybridized carbons (Fsp3) is 0.133. The summed E-state index contributed by atoms with van der Waals surface area (Å²) in [6.45, 7) is -0.310. The molecule has 10 heteroatoms. The molecule has 0 bridgehead atoms. The van der Waals surface area contributed by atoms with Gasteiger partial charge in [0, 0.05) is 5.56 Å². The number of fused-ring (bicyclic) bond motifs is 1. The second-order valence-electron chi connectivity index (χ2n) is 8.38. The third-order valence-electron chi connectivity index (χ3n) is 5.84. The SMILES string of the molecule is COc1cc(C(=O)NCC(=O)N/N=C\c2ccc(OC(=O)c3cccc4ccccc34)cc2)cc(OC)c1OC. The third kappa shape index (κ3) is 6.54. The van der Waals surface area contributed by atoms with E-state index >= 15 is 0 Å². The number of hydrogen-bond donors (Lipinski definition) is 2. The summed E-state index contributed by atoms with van der Waals surface area (Å²) in [6, 6.07) is 22.7. The lowest BCUT2D eigenvalue weighted by Crippen LogP contribution is -2.34. The van der Waals surface area contributed by atoms with Crippen LogP contribution in [-0.2, 0) is 4.79 Å². The predicted molar refractivity (Wildman–Crippen MR) is 150 cm³/mol. The minimum absolute atomic E-state index is 0.229. The molecule has 0 radical (unpaired) electrons. The molecule has 0 atom stereocenters. The molecule has 10 nitrogen and oxygen atoms in total. The van der Waals surface area contributed by atoms with Gasteiger partial charge in [-0.1, -0.05) is 36.4 Å². The van der Waals surface area contributed by atoms with Gasteiger partial charge >= 0.3 is 5.97 Å². The van der Waals surface area contributed by atoms with Crippen LogP contribution in [0.15, 0.2) is 84.0 Å². The van der Waals surface area contributed by atoms with Crippen molar-refractivity contribution < 1.29 is 33.3 Å². The molecule has 204 valence electrons. The molecule has 40 heavy (non-hydrogen) atoms. The first kappa shape index (κ1) is 27.6. The van der Waals surface area contributed by atoms with E-state index in [0.717, 1.165) is 10.8 Å². The smallest absolute Gasteiger partial charge is 0.344 e. The molecule has 4 aromatic rings. The number of carbonyl (C=O) groups is 3. The van der Waals surface area contributed by atoms with Gasteiger partial charge in [-0.15, -0.1) is 0 Å². The zero-order chi connectivity index (χ0) is 28.5. The molecule has 0 aliphatic rings. The lowest BCUT2D eigenvalue weighted by molar-refractivity contribution is -0.120. The van der Waals surface area contributed by atoms with E-state index in [9.17, 15) is 14.4 Å². The summed E-state index contributed by atoms with van der Waals surface area (Å²) in [5.74, 6) is -0.146. The average Bonchev–Trinajstić information content (AvgIpc) is 2.99. The van der Waals surface area contributed by atoms with Crippen molar-refractivity contribution in [1.82, 2.24) is 10.7 Å². The molecule has 0 aliphatic heterocycles. The van der Waals surface area contributed by atoms with Crippen LogP contribution in [0, 0.1) is 0 Å². The molecule has 2 N–H and O–H groups in total. The minimum Gasteiger partial charge on any atom is -0.493 e. The van der Waals surface area contributed by atoms with Crippen LogP contribution in [0.4, 0.5) is 0 Å². The van der Waals surface area contributed by atoms with E-state index in [1.54, 1.807) is 30.3 Å². The van der Waals surface area contributed by atoms with Crippen LogP contribution in [0.2, 0.25) is 0 Å². The second kappa shape index (κ2) is 12.9. The van der Waals surface area contributed by atoms with Gasteiger partial charge in [-0.2, -0.15) is 5.10 Å². The van der Waals surface area contributed by atoms with Crippen LogP contribution < -0.4 is 29.7 Å². The molecule has 0 saturated heterocycles. The van der Waals surface area contributed by atoms with Crippen LogP contribution in [0.5, 0.6) is 23.0 Å². The maximum Gasteiger partial charge on any atom is 0.344 e. The van der Waals surface area contributed by atoms with Crippen molar-refractivity contribution in [3.05, 3.63) is 95.6 Å². The van der Waals surface area contributed by atoms with Crippen molar-refractivity contribution in [2.45, 2.75) is 0 Å². The number of carbonyl (C=O) groups excluding carboxylic acids is 3. The summed E-state index contributed by atoms with van der Waals surface area (Å²) in [5.41, 5.74) is 3.71. The van der Waals surface area contributed by atoms with Crippen molar-refractivity contribution in [3.8, 4) is 23.0 Å². The number of nitrogens with one attached hydrogen (secondary N) is 2. The Bertz CT molecular complexity index is 1540. The number of hydrazone groups is 1. The Hall–Kier alpha value is -5.38. The second-order valence-corrected chi connectivity index (χ2v) is 8.38. The number of benzene rings is 4. The summed E-state index contributed by atoms with van der Waals surface area (Å²) in [4.78, 5) is 37.4. The number of methoxy groups -OCH3 is 3. The molecule has 0 spiro atoms. The standard InChI is InChI=1S/C30H27N3O7/c1-37-25-15-21(16-26(38-2)28(25)39-3)29(35)31-18-27(34)33-32-17-19-11-13-22(14-12-19)40-30(36)24-10-6-8-20-7-4-5-9-23(20)24/h4-17H,18H2,1-3H3,(H,31,35)(H,33,34)/b32-17-. The molecule has 0 saturated carbocycles. The molecule has 0 heterocycles. The maximum absolute atomic E-state index is 12.7. The molecule has 4 rings (SSSR count). The number of rotatable bonds is 10. The Morgan fingerprint density at radius 1 is 0.825 bits per heavy atom. The van der Waals surface area contributed by atoms with Crippen LogP contribution in [-0.4, -0.2) is 51.9 Å². The van der Waals surface area contributed by atoms with E-state index in [1.165, 1.54) is 39.7 Å². The van der Waals surface area contributed by atoms with Crippen molar-refractivity contribution >= 4 is 34.8 Å².